The summed E-state index contributed by atoms with van der Waals surface area (Å²) in [4.78, 5) is 10.5. The van der Waals surface area contributed by atoms with Crippen molar-refractivity contribution >= 4 is 5.97 Å². The summed E-state index contributed by atoms with van der Waals surface area (Å²) in [5.41, 5.74) is 2.29. The Morgan fingerprint density at radius 1 is 1.62 bits per heavy atom. The van der Waals surface area contributed by atoms with Crippen molar-refractivity contribution in [2.75, 3.05) is 0 Å². The van der Waals surface area contributed by atoms with Crippen LogP contribution in [0.1, 0.15) is 40.7 Å². The molecule has 0 aliphatic rings. The zero-order valence-electron chi connectivity index (χ0n) is 13.9. The summed E-state index contributed by atoms with van der Waals surface area (Å²) in [6, 6.07) is 7.91. The van der Waals surface area contributed by atoms with Crippen LogP contribution in [0.25, 0.3) is 0 Å². The van der Waals surface area contributed by atoms with Crippen molar-refractivity contribution in [3.05, 3.63) is 35.4 Å². The fourth-order valence-electron chi connectivity index (χ4n) is 1.51. The molecule has 0 spiro atoms. The first-order valence-corrected chi connectivity index (χ1v) is 4.38. The van der Waals surface area contributed by atoms with Crippen molar-refractivity contribution in [3.63, 3.8) is 0 Å². The summed E-state index contributed by atoms with van der Waals surface area (Å²) >= 11 is 0. The average Bonchev–Trinajstić information content (AvgIpc) is 2.45. The van der Waals surface area contributed by atoms with E-state index in [9.17, 15) is 4.79 Å². The second-order valence-corrected chi connectivity index (χ2v) is 3.36. The van der Waals surface area contributed by atoms with E-state index in [-0.39, 0.29) is 13.8 Å². The maximum Gasteiger partial charge on any atom is 0.303 e. The summed E-state index contributed by atoms with van der Waals surface area (Å²) in [5, 5.41) is 8.64. The molecule has 0 heterocycles. The highest BCUT2D eigenvalue weighted by Gasteiger charge is 2.11. The highest BCUT2D eigenvalue weighted by Crippen LogP contribution is 2.21. The lowest BCUT2D eigenvalue weighted by Gasteiger charge is -2.11. The van der Waals surface area contributed by atoms with Gasteiger partial charge in [0.1, 0.15) is 0 Å². The predicted octanol–water partition coefficient (Wildman–Crippen LogP) is 3.56. The van der Waals surface area contributed by atoms with Crippen molar-refractivity contribution in [2.45, 2.75) is 26.2 Å². The number of hydrogen-bond acceptors (Lipinski definition) is 1. The molecule has 0 fully saturated rings. The molecule has 1 N–H and O–H groups in total. The molecule has 1 rings (SSSR count). The Morgan fingerprint density at radius 3 is 2.77 bits per heavy atom. The molecular formula is C11H22O2. The topological polar surface area (TPSA) is 37.3 Å². The van der Waals surface area contributed by atoms with Gasteiger partial charge in [-0.2, -0.15) is 0 Å². The van der Waals surface area contributed by atoms with Crippen molar-refractivity contribution in [1.29, 1.82) is 0 Å². The molecule has 2 nitrogen and oxygen atoms in total. The average molecular weight is 193 g/mol. The van der Waals surface area contributed by atoms with Crippen LogP contribution in [0.2, 0.25) is 0 Å². The van der Waals surface area contributed by atoms with Crippen LogP contribution >= 0.6 is 0 Å². The van der Waals surface area contributed by atoms with Crippen molar-refractivity contribution < 1.29 is 20.2 Å². The van der Waals surface area contributed by atoms with Crippen molar-refractivity contribution in [3.8, 4) is 0 Å². The Labute approximate surface area is 89.0 Å². The quantitative estimate of drug-likeness (QED) is 0.797. The second kappa shape index (κ2) is 4.08. The van der Waals surface area contributed by atoms with Crippen LogP contribution in [0.15, 0.2) is 24.3 Å². The van der Waals surface area contributed by atoms with E-state index in [4.69, 9.17) is 14.0 Å². The van der Waals surface area contributed by atoms with Crippen LogP contribution in [-0.2, 0) is 4.79 Å². The number of rotatable bonds is 3. The lowest BCUT2D eigenvalue weighted by atomic mass is 9.94. The third-order valence-corrected chi connectivity index (χ3v) is 2.20. The molecule has 1 aromatic rings. The second-order valence-electron chi connectivity index (χ2n) is 3.36. The van der Waals surface area contributed by atoms with Gasteiger partial charge in [0.25, 0.3) is 0 Å². The fourth-order valence-corrected chi connectivity index (χ4v) is 1.51. The minimum absolute atomic E-state index is 0. The molecule has 0 aliphatic heterocycles. The molecule has 13 heavy (non-hydrogen) atoms. The van der Waals surface area contributed by atoms with Gasteiger partial charge < -0.3 is 5.11 Å². The molecule has 2 heteroatoms. The van der Waals surface area contributed by atoms with E-state index in [1.54, 1.807) is 0 Å². The van der Waals surface area contributed by atoms with Crippen LogP contribution in [0.5, 0.6) is 0 Å². The molecule has 0 amide bonds. The molecular weight excluding hydrogens is 164 g/mol. The third kappa shape index (κ3) is 2.58. The number of aryl methyl sites for hydroxylation is 1. The smallest absolute Gasteiger partial charge is 0.303 e. The molecule has 0 bridgehead atoms. The Bertz CT molecular complexity index is 323. The molecule has 0 saturated heterocycles. The van der Waals surface area contributed by atoms with Crippen LogP contribution in [0.4, 0.5) is 0 Å². The first kappa shape index (κ1) is 6.19. The molecule has 0 aromatic heterocycles. The van der Waals surface area contributed by atoms with Gasteiger partial charge in [-0.25, -0.2) is 0 Å². The molecule has 78 valence electrons. The number of aliphatic carboxylic acids is 1. The van der Waals surface area contributed by atoms with Gasteiger partial charge in [0.05, 0.1) is 6.42 Å². The zero-order valence-corrected chi connectivity index (χ0v) is 7.95. The Morgan fingerprint density at radius 2 is 2.23 bits per heavy atom. The molecule has 1 atom stereocenters. The Balaban J connectivity index is -0.000000162. The van der Waals surface area contributed by atoms with E-state index in [0.717, 1.165) is 11.1 Å². The fraction of sp³-hybridized carbons (Fsp3) is 0.364. The summed E-state index contributed by atoms with van der Waals surface area (Å²) in [6.45, 7) is 3.95. The number of carboxylic acids is 1. The van der Waals surface area contributed by atoms with Gasteiger partial charge in [-0.1, -0.05) is 31.2 Å². The number of benzene rings is 1. The molecule has 0 radical (unpaired) electrons. The van der Waals surface area contributed by atoms with E-state index >= 15 is 0 Å². The van der Waals surface area contributed by atoms with Crippen molar-refractivity contribution in [1.82, 2.24) is 0 Å². The van der Waals surface area contributed by atoms with Crippen LogP contribution in [-0.4, -0.2) is 11.1 Å². The van der Waals surface area contributed by atoms with E-state index in [2.05, 4.69) is 0 Å². The first-order chi connectivity index (χ1) is 9.11. The Kier molecular flexibility index (Phi) is 1.94. The highest BCUT2D eigenvalue weighted by molar-refractivity contribution is 5.68. The summed E-state index contributed by atoms with van der Waals surface area (Å²) in [6.07, 6.45) is 0.199. The van der Waals surface area contributed by atoms with Gasteiger partial charge >= 0.3 is 5.97 Å². The summed E-state index contributed by atoms with van der Waals surface area (Å²) < 4.78 is 30.0. The lowest BCUT2D eigenvalue weighted by molar-refractivity contribution is -0.137. The SMILES string of the molecule is Cc1ccccc1C(C)CC(=O)O.[2HH].[2H][2H].[2H][2H].[2H][2H]. The van der Waals surface area contributed by atoms with Crippen molar-refractivity contribution in [2.24, 2.45) is 0 Å². The summed E-state index contributed by atoms with van der Waals surface area (Å²) in [7, 11) is 0. The molecule has 0 saturated carbocycles. The Hall–Kier alpha value is -1.31. The van der Waals surface area contributed by atoms with E-state index in [1.165, 1.54) is 0 Å². The monoisotopic (exact) mass is 193 g/mol. The van der Waals surface area contributed by atoms with E-state index < -0.39 is 5.97 Å². The van der Waals surface area contributed by atoms with E-state index in [0.29, 0.717) is 0 Å². The first-order valence-electron chi connectivity index (χ1n) is 7.38. The largest absolute Gasteiger partial charge is 0.481 e. The van der Waals surface area contributed by atoms with Crippen LogP contribution < -0.4 is 0 Å². The standard InChI is InChI=1S/C11H14O2.4H2/c1-8-5-3-4-6-10(8)9(2)7-11(12)13;;;;/h3-6,9H,7H2,1-2H3,(H,12,13);4*1H/i;3*1+1D;1+1. The highest BCUT2D eigenvalue weighted by atomic mass is 16.4. The van der Waals surface area contributed by atoms with Gasteiger partial charge in [0, 0.05) is 10.3 Å². The minimum atomic E-state index is -0.740. The predicted molar refractivity (Wildman–Crippen MR) is 60.3 cm³/mol. The lowest BCUT2D eigenvalue weighted by Crippen LogP contribution is -2.04. The minimum Gasteiger partial charge on any atom is -0.481 e. The number of hydrogen-bond donors (Lipinski definition) is 1. The zero-order chi connectivity index (χ0) is 15.8. The maximum absolute atomic E-state index is 10.5. The maximum atomic E-state index is 10.5. The van der Waals surface area contributed by atoms with Gasteiger partial charge in [-0.3, -0.25) is 4.79 Å². The normalized spacial score (nSPS) is 14.3. The van der Waals surface area contributed by atoms with Gasteiger partial charge in [-0.05, 0) is 24.0 Å². The molecule has 1 aromatic carbocycles. The van der Waals surface area contributed by atoms with Crippen LogP contribution in [0.3, 0.4) is 0 Å². The number of carboxylic acid groups (broad SMARTS) is 1. The van der Waals surface area contributed by atoms with Gasteiger partial charge in [0.15, 0.2) is 0 Å². The van der Waals surface area contributed by atoms with Gasteiger partial charge in [0.2, 0.25) is 0 Å². The van der Waals surface area contributed by atoms with Crippen LogP contribution in [0, 0.1) is 6.92 Å². The van der Waals surface area contributed by atoms with Gasteiger partial charge in [-0.15, -0.1) is 0 Å². The molecule has 1 unspecified atom stereocenters. The third-order valence-electron chi connectivity index (χ3n) is 2.20. The molecule has 0 aliphatic carbocycles. The summed E-state index contributed by atoms with van der Waals surface area (Å²) in [5.74, 6) is -0.644. The van der Waals surface area contributed by atoms with E-state index in [1.807, 2.05) is 38.1 Å². The number of carbonyl (C=O) groups is 1.